The van der Waals surface area contributed by atoms with Gasteiger partial charge in [-0.25, -0.2) is 4.79 Å². The first-order chi connectivity index (χ1) is 12.1. The van der Waals surface area contributed by atoms with Crippen LogP contribution in [0.1, 0.15) is 23.0 Å². The number of nitrogens with one attached hydrogen (secondary N) is 1. The smallest absolute Gasteiger partial charge is 0.409 e. The van der Waals surface area contributed by atoms with Gasteiger partial charge in [-0.15, -0.1) is 0 Å². The number of rotatable bonds is 7. The van der Waals surface area contributed by atoms with E-state index in [1.807, 2.05) is 42.5 Å². The van der Waals surface area contributed by atoms with E-state index in [1.165, 1.54) is 0 Å². The van der Waals surface area contributed by atoms with Gasteiger partial charge in [-0.1, -0.05) is 30.4 Å². The third kappa shape index (κ3) is 5.07. The van der Waals surface area contributed by atoms with Crippen molar-refractivity contribution in [3.05, 3.63) is 59.2 Å². The van der Waals surface area contributed by atoms with E-state index in [1.54, 1.807) is 33.5 Å². The molecule has 25 heavy (non-hydrogen) atoms. The Kier molecular flexibility index (Phi) is 6.56. The molecule has 2 N–H and O–H groups in total. The molecule has 0 aliphatic rings. The van der Waals surface area contributed by atoms with Gasteiger partial charge in [0, 0.05) is 25.5 Å². The maximum Gasteiger partial charge on any atom is 0.409 e. The highest BCUT2D eigenvalue weighted by atomic mass is 16.7. The van der Waals surface area contributed by atoms with Crippen LogP contribution in [0.3, 0.4) is 0 Å². The highest BCUT2D eigenvalue weighted by molar-refractivity contribution is 5.83. The van der Waals surface area contributed by atoms with Crippen molar-refractivity contribution in [1.82, 2.24) is 0 Å². The van der Waals surface area contributed by atoms with Crippen molar-refractivity contribution in [3.8, 4) is 5.75 Å². The number of hydrogen-bond acceptors (Lipinski definition) is 4. The topological polar surface area (TPSA) is 77.0 Å². The van der Waals surface area contributed by atoms with Gasteiger partial charge in [0.05, 0.1) is 7.11 Å². The zero-order chi connectivity index (χ0) is 18.2. The SMILES string of the molecule is COc1cc(/C=C/c2ccc(NC(=O)O)cc2)ccc1C(OC)OC. The van der Waals surface area contributed by atoms with Crippen molar-refractivity contribution >= 4 is 23.9 Å². The van der Waals surface area contributed by atoms with E-state index >= 15 is 0 Å². The molecule has 0 aromatic heterocycles. The van der Waals surface area contributed by atoms with E-state index < -0.39 is 12.4 Å². The molecule has 0 saturated heterocycles. The number of carboxylic acid groups (broad SMARTS) is 1. The van der Waals surface area contributed by atoms with Gasteiger partial charge in [0.2, 0.25) is 0 Å². The molecular formula is C19H21NO5. The number of anilines is 1. The number of methoxy groups -OCH3 is 3. The van der Waals surface area contributed by atoms with Crippen LogP contribution in [0.25, 0.3) is 12.2 Å². The van der Waals surface area contributed by atoms with Crippen molar-refractivity contribution < 1.29 is 24.1 Å². The molecule has 0 saturated carbocycles. The summed E-state index contributed by atoms with van der Waals surface area (Å²) in [4.78, 5) is 10.6. The lowest BCUT2D eigenvalue weighted by Crippen LogP contribution is -2.06. The molecule has 0 aliphatic heterocycles. The van der Waals surface area contributed by atoms with Crippen LogP contribution in [0.2, 0.25) is 0 Å². The summed E-state index contributed by atoms with van der Waals surface area (Å²) in [6.45, 7) is 0. The molecule has 1 amide bonds. The van der Waals surface area contributed by atoms with Crippen molar-refractivity contribution in [2.75, 3.05) is 26.6 Å². The van der Waals surface area contributed by atoms with Crippen molar-refractivity contribution in [1.29, 1.82) is 0 Å². The number of amides is 1. The van der Waals surface area contributed by atoms with E-state index in [2.05, 4.69) is 5.32 Å². The first kappa shape index (κ1) is 18.5. The lowest BCUT2D eigenvalue weighted by molar-refractivity contribution is -0.106. The van der Waals surface area contributed by atoms with E-state index in [4.69, 9.17) is 19.3 Å². The van der Waals surface area contributed by atoms with Gasteiger partial charge in [-0.3, -0.25) is 5.32 Å². The van der Waals surface area contributed by atoms with Gasteiger partial charge >= 0.3 is 6.09 Å². The normalized spacial score (nSPS) is 11.0. The molecule has 0 unspecified atom stereocenters. The molecule has 0 aliphatic carbocycles. The monoisotopic (exact) mass is 343 g/mol. The molecule has 2 aromatic rings. The Hall–Kier alpha value is -2.83. The standard InChI is InChI=1S/C19H21NO5/c1-23-17-12-14(8-11-16(17)18(24-2)25-3)5-4-13-6-9-15(10-7-13)20-19(21)22/h4-12,18,20H,1-3H3,(H,21,22)/b5-4+. The zero-order valence-corrected chi connectivity index (χ0v) is 14.4. The van der Waals surface area contributed by atoms with Crippen LogP contribution in [-0.4, -0.2) is 32.5 Å². The van der Waals surface area contributed by atoms with Gasteiger partial charge in [0.25, 0.3) is 0 Å². The maximum absolute atomic E-state index is 10.6. The third-order valence-electron chi connectivity index (χ3n) is 3.57. The summed E-state index contributed by atoms with van der Waals surface area (Å²) in [5.74, 6) is 0.678. The molecular weight excluding hydrogens is 322 g/mol. The Bertz CT molecular complexity index is 736. The summed E-state index contributed by atoms with van der Waals surface area (Å²) in [6.07, 6.45) is 2.31. The fraction of sp³-hybridized carbons (Fsp3) is 0.211. The van der Waals surface area contributed by atoms with Gasteiger partial charge in [0.1, 0.15) is 5.75 Å². The summed E-state index contributed by atoms with van der Waals surface area (Å²) < 4.78 is 16.0. The second-order valence-corrected chi connectivity index (χ2v) is 5.19. The second kappa shape index (κ2) is 8.86. The Morgan fingerprint density at radius 2 is 1.60 bits per heavy atom. The van der Waals surface area contributed by atoms with E-state index in [0.29, 0.717) is 11.4 Å². The Labute approximate surface area is 146 Å². The molecule has 0 radical (unpaired) electrons. The molecule has 6 heteroatoms. The second-order valence-electron chi connectivity index (χ2n) is 5.19. The van der Waals surface area contributed by atoms with Gasteiger partial charge < -0.3 is 19.3 Å². The lowest BCUT2D eigenvalue weighted by Gasteiger charge is -2.17. The molecule has 6 nitrogen and oxygen atoms in total. The molecule has 2 rings (SSSR count). The van der Waals surface area contributed by atoms with Gasteiger partial charge in [-0.05, 0) is 35.4 Å². The van der Waals surface area contributed by atoms with Crippen LogP contribution in [0.4, 0.5) is 10.5 Å². The largest absolute Gasteiger partial charge is 0.496 e. The lowest BCUT2D eigenvalue weighted by atomic mass is 10.1. The van der Waals surface area contributed by atoms with Gasteiger partial charge in [-0.2, -0.15) is 0 Å². The Balaban J connectivity index is 2.16. The first-order valence-corrected chi connectivity index (χ1v) is 7.59. The third-order valence-corrected chi connectivity index (χ3v) is 3.57. The molecule has 0 spiro atoms. The van der Waals surface area contributed by atoms with Crippen molar-refractivity contribution in [2.24, 2.45) is 0 Å². The molecule has 132 valence electrons. The van der Waals surface area contributed by atoms with Crippen LogP contribution in [0, 0.1) is 0 Å². The summed E-state index contributed by atoms with van der Waals surface area (Å²) >= 11 is 0. The molecule has 0 heterocycles. The number of carbonyl (C=O) groups is 1. The molecule has 0 fully saturated rings. The summed E-state index contributed by atoms with van der Waals surface area (Å²) in [7, 11) is 4.75. The minimum Gasteiger partial charge on any atom is -0.496 e. The van der Waals surface area contributed by atoms with E-state index in [9.17, 15) is 4.79 Å². The molecule has 0 atom stereocenters. The van der Waals surface area contributed by atoms with Crippen LogP contribution < -0.4 is 10.1 Å². The Morgan fingerprint density at radius 1 is 1.00 bits per heavy atom. The summed E-state index contributed by atoms with van der Waals surface area (Å²) in [6, 6.07) is 12.8. The van der Waals surface area contributed by atoms with E-state index in [0.717, 1.165) is 16.7 Å². The molecule has 2 aromatic carbocycles. The highest BCUT2D eigenvalue weighted by Crippen LogP contribution is 2.29. The van der Waals surface area contributed by atoms with E-state index in [-0.39, 0.29) is 0 Å². The summed E-state index contributed by atoms with van der Waals surface area (Å²) in [5, 5.41) is 11.0. The molecule has 0 bridgehead atoms. The maximum atomic E-state index is 10.6. The van der Waals surface area contributed by atoms with Gasteiger partial charge in [0.15, 0.2) is 6.29 Å². The average Bonchev–Trinajstić information content (AvgIpc) is 2.62. The van der Waals surface area contributed by atoms with Crippen LogP contribution in [0.15, 0.2) is 42.5 Å². The van der Waals surface area contributed by atoms with Crippen LogP contribution >= 0.6 is 0 Å². The predicted octanol–water partition coefficient (Wildman–Crippen LogP) is 4.25. The fourth-order valence-corrected chi connectivity index (χ4v) is 2.37. The predicted molar refractivity (Wildman–Crippen MR) is 96.8 cm³/mol. The quantitative estimate of drug-likeness (QED) is 0.580. The van der Waals surface area contributed by atoms with Crippen LogP contribution in [-0.2, 0) is 9.47 Å². The number of benzene rings is 2. The number of hydrogen-bond donors (Lipinski definition) is 2. The Morgan fingerprint density at radius 3 is 2.16 bits per heavy atom. The summed E-state index contributed by atoms with van der Waals surface area (Å²) in [5.41, 5.74) is 3.25. The average molecular weight is 343 g/mol. The first-order valence-electron chi connectivity index (χ1n) is 7.59. The fourth-order valence-electron chi connectivity index (χ4n) is 2.37. The minimum absolute atomic E-state index is 0.484. The zero-order valence-electron chi connectivity index (χ0n) is 14.4. The van der Waals surface area contributed by atoms with Crippen molar-refractivity contribution in [2.45, 2.75) is 6.29 Å². The number of ether oxygens (including phenoxy) is 3. The minimum atomic E-state index is -1.08. The highest BCUT2D eigenvalue weighted by Gasteiger charge is 2.14. The van der Waals surface area contributed by atoms with Crippen molar-refractivity contribution in [3.63, 3.8) is 0 Å². The van der Waals surface area contributed by atoms with Crippen LogP contribution in [0.5, 0.6) is 5.75 Å².